The summed E-state index contributed by atoms with van der Waals surface area (Å²) in [7, 11) is 3.88. The summed E-state index contributed by atoms with van der Waals surface area (Å²) >= 11 is 1.54. The highest BCUT2D eigenvalue weighted by atomic mass is 32.1. The van der Waals surface area contributed by atoms with Gasteiger partial charge in [0, 0.05) is 19.6 Å². The number of fused-ring (bicyclic) bond motifs is 1. The number of carbonyl (C=O) groups is 1. The van der Waals surface area contributed by atoms with E-state index in [1.165, 1.54) is 12.1 Å². The number of likely N-dealkylation sites (N-methyl/N-ethyl adjacent to an activating group) is 1. The minimum Gasteiger partial charge on any atom is -0.349 e. The molecule has 0 atom stereocenters. The molecule has 0 aliphatic heterocycles. The van der Waals surface area contributed by atoms with Crippen molar-refractivity contribution in [1.82, 2.24) is 14.8 Å². The van der Waals surface area contributed by atoms with Gasteiger partial charge in [-0.1, -0.05) is 6.07 Å². The predicted octanol–water partition coefficient (Wildman–Crippen LogP) is 3.32. The van der Waals surface area contributed by atoms with Crippen LogP contribution in [0.5, 0.6) is 0 Å². The highest BCUT2D eigenvalue weighted by Crippen LogP contribution is 2.26. The molecule has 0 saturated heterocycles. The molecule has 1 aromatic carbocycles. The van der Waals surface area contributed by atoms with Crippen LogP contribution in [0.4, 0.5) is 8.78 Å². The highest BCUT2D eigenvalue weighted by molar-refractivity contribution is 7.17. The number of benzene rings is 1. The SMILES string of the molecule is CN(C)CCNC(=O)c1cc2sccc2n1Cc1ccc(F)c(F)c1. The van der Waals surface area contributed by atoms with Crippen LogP contribution in [-0.4, -0.2) is 42.6 Å². The van der Waals surface area contributed by atoms with E-state index in [0.717, 1.165) is 22.8 Å². The lowest BCUT2D eigenvalue weighted by Crippen LogP contribution is -2.32. The molecule has 4 nitrogen and oxygen atoms in total. The lowest BCUT2D eigenvalue weighted by atomic mass is 10.2. The van der Waals surface area contributed by atoms with Gasteiger partial charge in [0.25, 0.3) is 5.91 Å². The van der Waals surface area contributed by atoms with Gasteiger partial charge in [-0.3, -0.25) is 4.79 Å². The zero-order chi connectivity index (χ0) is 18.0. The third-order valence-electron chi connectivity index (χ3n) is 3.92. The predicted molar refractivity (Wildman–Crippen MR) is 96.2 cm³/mol. The first-order valence-corrected chi connectivity index (χ1v) is 8.77. The van der Waals surface area contributed by atoms with Crippen molar-refractivity contribution in [3.8, 4) is 0 Å². The van der Waals surface area contributed by atoms with Crippen molar-refractivity contribution in [2.75, 3.05) is 27.2 Å². The Bertz CT molecular complexity index is 901. The third kappa shape index (κ3) is 3.88. The van der Waals surface area contributed by atoms with E-state index in [9.17, 15) is 13.6 Å². The number of nitrogens with one attached hydrogen (secondary N) is 1. The fourth-order valence-corrected chi connectivity index (χ4v) is 3.46. The second kappa shape index (κ2) is 7.33. The Morgan fingerprint density at radius 1 is 1.20 bits per heavy atom. The van der Waals surface area contributed by atoms with Crippen LogP contribution in [0.3, 0.4) is 0 Å². The van der Waals surface area contributed by atoms with Crippen molar-refractivity contribution in [2.45, 2.75) is 6.54 Å². The number of nitrogens with zero attached hydrogens (tertiary/aromatic N) is 2. The fraction of sp³-hybridized carbons (Fsp3) is 0.278. The molecule has 0 aliphatic carbocycles. The van der Waals surface area contributed by atoms with E-state index in [1.807, 2.05) is 41.1 Å². The summed E-state index contributed by atoms with van der Waals surface area (Å²) in [4.78, 5) is 14.5. The average Bonchev–Trinajstić information content (AvgIpc) is 3.13. The zero-order valence-electron chi connectivity index (χ0n) is 14.1. The number of hydrogen-bond donors (Lipinski definition) is 1. The Balaban J connectivity index is 1.88. The normalized spacial score (nSPS) is 11.4. The van der Waals surface area contributed by atoms with E-state index >= 15 is 0 Å². The van der Waals surface area contributed by atoms with Crippen LogP contribution in [-0.2, 0) is 6.54 Å². The van der Waals surface area contributed by atoms with E-state index in [0.29, 0.717) is 24.3 Å². The Morgan fingerprint density at radius 3 is 2.72 bits per heavy atom. The van der Waals surface area contributed by atoms with Crippen molar-refractivity contribution in [3.05, 3.63) is 58.6 Å². The van der Waals surface area contributed by atoms with Crippen LogP contribution in [0.2, 0.25) is 0 Å². The molecule has 25 heavy (non-hydrogen) atoms. The summed E-state index contributed by atoms with van der Waals surface area (Å²) in [6, 6.07) is 7.57. The van der Waals surface area contributed by atoms with E-state index < -0.39 is 11.6 Å². The number of carbonyl (C=O) groups excluding carboxylic acids is 1. The maximum absolute atomic E-state index is 13.5. The van der Waals surface area contributed by atoms with Gasteiger partial charge in [0.1, 0.15) is 5.69 Å². The monoisotopic (exact) mass is 363 g/mol. The van der Waals surface area contributed by atoms with Crippen LogP contribution in [0, 0.1) is 11.6 Å². The van der Waals surface area contributed by atoms with Crippen molar-refractivity contribution >= 4 is 27.5 Å². The summed E-state index contributed by atoms with van der Waals surface area (Å²) < 4.78 is 29.5. The molecular formula is C18H19F2N3OS. The van der Waals surface area contributed by atoms with Gasteiger partial charge in [-0.15, -0.1) is 11.3 Å². The molecule has 0 spiro atoms. The van der Waals surface area contributed by atoms with Crippen molar-refractivity contribution in [2.24, 2.45) is 0 Å². The van der Waals surface area contributed by atoms with Gasteiger partial charge in [-0.25, -0.2) is 8.78 Å². The molecule has 132 valence electrons. The van der Waals surface area contributed by atoms with E-state index in [1.54, 1.807) is 11.3 Å². The molecule has 0 radical (unpaired) electrons. The van der Waals surface area contributed by atoms with Gasteiger partial charge < -0.3 is 14.8 Å². The number of amides is 1. The second-order valence-corrected chi connectivity index (χ2v) is 7.04. The Morgan fingerprint density at radius 2 is 2.00 bits per heavy atom. The van der Waals surface area contributed by atoms with Gasteiger partial charge in [-0.05, 0) is 49.3 Å². The third-order valence-corrected chi connectivity index (χ3v) is 4.78. The van der Waals surface area contributed by atoms with E-state index in [-0.39, 0.29) is 5.91 Å². The average molecular weight is 363 g/mol. The summed E-state index contributed by atoms with van der Waals surface area (Å²) in [5, 5.41) is 4.84. The molecule has 0 unspecified atom stereocenters. The Hall–Kier alpha value is -2.25. The minimum atomic E-state index is -0.886. The standard InChI is InChI=1S/C18H19F2N3OS/c1-22(2)7-6-21-18(24)16-10-17-15(5-8-25-17)23(16)11-12-3-4-13(19)14(20)9-12/h3-5,8-10H,6-7,11H2,1-2H3,(H,21,24). The molecule has 3 aromatic rings. The minimum absolute atomic E-state index is 0.173. The van der Waals surface area contributed by atoms with Crippen LogP contribution in [0.1, 0.15) is 16.1 Å². The maximum Gasteiger partial charge on any atom is 0.268 e. The van der Waals surface area contributed by atoms with Crippen molar-refractivity contribution in [1.29, 1.82) is 0 Å². The van der Waals surface area contributed by atoms with Gasteiger partial charge >= 0.3 is 0 Å². The van der Waals surface area contributed by atoms with Gasteiger partial charge in [0.15, 0.2) is 11.6 Å². The molecule has 3 rings (SSSR count). The Labute approximate surface area is 148 Å². The number of rotatable bonds is 6. The molecule has 0 saturated carbocycles. The molecule has 0 aliphatic rings. The quantitative estimate of drug-likeness (QED) is 0.730. The molecule has 2 aromatic heterocycles. The first-order valence-electron chi connectivity index (χ1n) is 7.89. The van der Waals surface area contributed by atoms with Crippen LogP contribution >= 0.6 is 11.3 Å². The number of halogens is 2. The van der Waals surface area contributed by atoms with Crippen molar-refractivity contribution < 1.29 is 13.6 Å². The maximum atomic E-state index is 13.5. The van der Waals surface area contributed by atoms with Crippen molar-refractivity contribution in [3.63, 3.8) is 0 Å². The topological polar surface area (TPSA) is 37.3 Å². The van der Waals surface area contributed by atoms with Crippen LogP contribution < -0.4 is 5.32 Å². The Kier molecular flexibility index (Phi) is 5.15. The smallest absolute Gasteiger partial charge is 0.268 e. The van der Waals surface area contributed by atoms with E-state index in [4.69, 9.17) is 0 Å². The van der Waals surface area contributed by atoms with E-state index in [2.05, 4.69) is 5.32 Å². The summed E-state index contributed by atoms with van der Waals surface area (Å²) in [5.74, 6) is -1.94. The summed E-state index contributed by atoms with van der Waals surface area (Å²) in [6.45, 7) is 1.58. The molecule has 1 N–H and O–H groups in total. The fourth-order valence-electron chi connectivity index (χ4n) is 2.64. The lowest BCUT2D eigenvalue weighted by molar-refractivity contribution is 0.0942. The first kappa shape index (κ1) is 17.6. The number of thiophene rings is 1. The first-order chi connectivity index (χ1) is 12.0. The molecule has 1 amide bonds. The van der Waals surface area contributed by atoms with Crippen LogP contribution in [0.15, 0.2) is 35.7 Å². The number of hydrogen-bond acceptors (Lipinski definition) is 3. The molecule has 2 heterocycles. The van der Waals surface area contributed by atoms with Gasteiger partial charge in [0.2, 0.25) is 0 Å². The molecule has 7 heteroatoms. The molecule has 0 fully saturated rings. The summed E-state index contributed by atoms with van der Waals surface area (Å²) in [6.07, 6.45) is 0. The summed E-state index contributed by atoms with van der Waals surface area (Å²) in [5.41, 5.74) is 2.03. The molecular weight excluding hydrogens is 344 g/mol. The largest absolute Gasteiger partial charge is 0.349 e. The van der Waals surface area contributed by atoms with Crippen LogP contribution in [0.25, 0.3) is 10.2 Å². The highest BCUT2D eigenvalue weighted by Gasteiger charge is 2.17. The van der Waals surface area contributed by atoms with Gasteiger partial charge in [0.05, 0.1) is 10.2 Å². The molecule has 0 bridgehead atoms. The second-order valence-electron chi connectivity index (χ2n) is 6.09. The lowest BCUT2D eigenvalue weighted by Gasteiger charge is -2.13. The zero-order valence-corrected chi connectivity index (χ0v) is 14.9. The number of aromatic nitrogens is 1. The van der Waals surface area contributed by atoms with Gasteiger partial charge in [-0.2, -0.15) is 0 Å².